The van der Waals surface area contributed by atoms with Crippen LogP contribution in [0.3, 0.4) is 0 Å². The summed E-state index contributed by atoms with van der Waals surface area (Å²) in [6.45, 7) is 8.94. The van der Waals surface area contributed by atoms with Crippen molar-refractivity contribution >= 4 is 15.9 Å². The van der Waals surface area contributed by atoms with E-state index in [-0.39, 0.29) is 5.91 Å². The average molecular weight is 383 g/mol. The molecule has 0 aliphatic carbocycles. The highest BCUT2D eigenvalue weighted by atomic mass is 32.2. The molecular weight excluding hydrogens is 354 g/mol. The summed E-state index contributed by atoms with van der Waals surface area (Å²) in [6, 6.07) is 5.39. The summed E-state index contributed by atoms with van der Waals surface area (Å²) in [5.74, 6) is 0.102. The minimum Gasteiger partial charge on any atom is -0.370 e. The fourth-order valence-electron chi connectivity index (χ4n) is 3.57. The maximum atomic E-state index is 12.9. The van der Waals surface area contributed by atoms with Gasteiger partial charge in [0.1, 0.15) is 13.1 Å². The fourth-order valence-corrected chi connectivity index (χ4v) is 5.20. The smallest absolute Gasteiger partial charge is 0.277 e. The van der Waals surface area contributed by atoms with Gasteiger partial charge in [0.15, 0.2) is 6.54 Å². The predicted octanol–water partition coefficient (Wildman–Crippen LogP) is -0.949. The van der Waals surface area contributed by atoms with Crippen molar-refractivity contribution in [2.45, 2.75) is 18.7 Å². The molecule has 0 bridgehead atoms. The first-order valence-corrected chi connectivity index (χ1v) is 10.6. The van der Waals surface area contributed by atoms with Crippen molar-refractivity contribution in [3.63, 3.8) is 0 Å². The number of ether oxygens (including phenoxy) is 1. The minimum absolute atomic E-state index is 0.102. The van der Waals surface area contributed by atoms with Crippen molar-refractivity contribution < 1.29 is 22.8 Å². The molecule has 26 heavy (non-hydrogen) atoms. The number of carbonyl (C=O) groups excluding carboxylic acids is 1. The van der Waals surface area contributed by atoms with Gasteiger partial charge in [-0.25, -0.2) is 8.42 Å². The largest absolute Gasteiger partial charge is 0.370 e. The molecule has 7 nitrogen and oxygen atoms in total. The molecule has 2 heterocycles. The maximum Gasteiger partial charge on any atom is 0.277 e. The van der Waals surface area contributed by atoms with Crippen molar-refractivity contribution in [1.82, 2.24) is 9.21 Å². The molecule has 0 spiro atoms. The topological polar surface area (TPSA) is 71.4 Å². The van der Waals surface area contributed by atoms with E-state index in [9.17, 15) is 13.2 Å². The first-order valence-electron chi connectivity index (χ1n) is 9.14. The van der Waals surface area contributed by atoms with Gasteiger partial charge in [0.2, 0.25) is 10.0 Å². The molecule has 2 saturated heterocycles. The van der Waals surface area contributed by atoms with E-state index in [1.165, 1.54) is 9.21 Å². The van der Waals surface area contributed by atoms with Gasteiger partial charge in [-0.2, -0.15) is 4.31 Å². The molecule has 0 atom stereocenters. The van der Waals surface area contributed by atoms with Crippen LogP contribution in [0.15, 0.2) is 23.1 Å². The molecule has 2 aliphatic rings. The van der Waals surface area contributed by atoms with E-state index in [0.29, 0.717) is 50.8 Å². The molecule has 0 saturated carbocycles. The van der Waals surface area contributed by atoms with Crippen LogP contribution in [0.1, 0.15) is 11.1 Å². The molecular formula is C18H28N3O4S+. The quantitative estimate of drug-likeness (QED) is 0.729. The normalized spacial score (nSPS) is 20.3. The number of sulfonamides is 1. The first-order chi connectivity index (χ1) is 12.4. The number of aryl methyl sites for hydroxylation is 2. The molecule has 0 unspecified atom stereocenters. The number of rotatable bonds is 4. The van der Waals surface area contributed by atoms with Crippen LogP contribution >= 0.6 is 0 Å². The van der Waals surface area contributed by atoms with E-state index in [1.54, 1.807) is 11.0 Å². The Labute approximate surface area is 155 Å². The van der Waals surface area contributed by atoms with Crippen LogP contribution in [0.5, 0.6) is 0 Å². The number of nitrogens with zero attached hydrogens (tertiary/aromatic N) is 2. The highest BCUT2D eigenvalue weighted by Crippen LogP contribution is 2.22. The van der Waals surface area contributed by atoms with E-state index in [1.807, 2.05) is 26.0 Å². The number of carbonyl (C=O) groups is 1. The monoisotopic (exact) mass is 382 g/mol. The Hall–Kier alpha value is -1.48. The summed E-state index contributed by atoms with van der Waals surface area (Å²) in [5.41, 5.74) is 1.81. The number of hydrogen-bond donors (Lipinski definition) is 1. The maximum absolute atomic E-state index is 12.9. The van der Waals surface area contributed by atoms with Gasteiger partial charge < -0.3 is 14.5 Å². The number of hydrogen-bond acceptors (Lipinski definition) is 4. The lowest BCUT2D eigenvalue weighted by Crippen LogP contribution is -3.15. The van der Waals surface area contributed by atoms with Gasteiger partial charge in [-0.3, -0.25) is 4.79 Å². The zero-order valence-electron chi connectivity index (χ0n) is 15.5. The van der Waals surface area contributed by atoms with Crippen LogP contribution in [0.25, 0.3) is 0 Å². The van der Waals surface area contributed by atoms with Gasteiger partial charge in [-0.1, -0.05) is 17.7 Å². The van der Waals surface area contributed by atoms with Gasteiger partial charge in [-0.15, -0.1) is 0 Å². The third-order valence-corrected chi connectivity index (χ3v) is 7.20. The second kappa shape index (κ2) is 8.04. The number of morpholine rings is 1. The molecule has 3 rings (SSSR count). The van der Waals surface area contributed by atoms with E-state index >= 15 is 0 Å². The Morgan fingerprint density at radius 3 is 2.38 bits per heavy atom. The lowest BCUT2D eigenvalue weighted by Gasteiger charge is -2.35. The number of benzene rings is 1. The molecule has 2 fully saturated rings. The molecule has 0 aromatic heterocycles. The Bertz CT molecular complexity index is 752. The highest BCUT2D eigenvalue weighted by Gasteiger charge is 2.32. The molecule has 2 aliphatic heterocycles. The lowest BCUT2D eigenvalue weighted by atomic mass is 10.2. The molecule has 144 valence electrons. The van der Waals surface area contributed by atoms with Crippen molar-refractivity contribution in [1.29, 1.82) is 0 Å². The summed E-state index contributed by atoms with van der Waals surface area (Å²) in [5, 5.41) is 0. The number of nitrogens with one attached hydrogen (secondary N) is 1. The molecule has 8 heteroatoms. The van der Waals surface area contributed by atoms with Gasteiger partial charge in [0.05, 0.1) is 18.1 Å². The van der Waals surface area contributed by atoms with Crippen molar-refractivity contribution in [3.8, 4) is 0 Å². The second-order valence-corrected chi connectivity index (χ2v) is 9.00. The van der Waals surface area contributed by atoms with Crippen LogP contribution in [-0.2, 0) is 19.6 Å². The Kier molecular flexibility index (Phi) is 5.96. The summed E-state index contributed by atoms with van der Waals surface area (Å²) in [7, 11) is -3.51. The molecule has 0 radical (unpaired) electrons. The number of amides is 1. The van der Waals surface area contributed by atoms with E-state index in [2.05, 4.69) is 0 Å². The van der Waals surface area contributed by atoms with E-state index < -0.39 is 10.0 Å². The highest BCUT2D eigenvalue weighted by molar-refractivity contribution is 7.89. The van der Waals surface area contributed by atoms with E-state index in [0.717, 1.165) is 24.2 Å². The molecule has 1 amide bonds. The van der Waals surface area contributed by atoms with Crippen LogP contribution in [-0.4, -0.2) is 82.6 Å². The van der Waals surface area contributed by atoms with Crippen molar-refractivity contribution in [2.75, 3.05) is 59.0 Å². The molecule has 1 aromatic carbocycles. The van der Waals surface area contributed by atoms with E-state index in [4.69, 9.17) is 4.74 Å². The fraction of sp³-hybridized carbons (Fsp3) is 0.611. The van der Waals surface area contributed by atoms with Crippen molar-refractivity contribution in [3.05, 3.63) is 29.3 Å². The Morgan fingerprint density at radius 2 is 1.77 bits per heavy atom. The van der Waals surface area contributed by atoms with Gasteiger partial charge in [0.25, 0.3) is 5.91 Å². The summed E-state index contributed by atoms with van der Waals surface area (Å²) < 4.78 is 32.6. The lowest BCUT2D eigenvalue weighted by molar-refractivity contribution is -0.900. The molecule has 1 aromatic rings. The van der Waals surface area contributed by atoms with Crippen molar-refractivity contribution in [2.24, 2.45) is 0 Å². The van der Waals surface area contributed by atoms with Crippen LogP contribution in [0.2, 0.25) is 0 Å². The van der Waals surface area contributed by atoms with Gasteiger partial charge in [0, 0.05) is 26.2 Å². The number of piperazine rings is 1. The zero-order chi connectivity index (χ0) is 18.7. The minimum atomic E-state index is -3.51. The Balaban J connectivity index is 1.59. The summed E-state index contributed by atoms with van der Waals surface area (Å²) in [6.07, 6.45) is 0. The third-order valence-electron chi connectivity index (χ3n) is 5.14. The van der Waals surface area contributed by atoms with Gasteiger partial charge >= 0.3 is 0 Å². The molecule has 1 N–H and O–H groups in total. The zero-order valence-corrected chi connectivity index (χ0v) is 16.3. The van der Waals surface area contributed by atoms with Crippen LogP contribution in [0.4, 0.5) is 0 Å². The SMILES string of the molecule is Cc1ccc(S(=O)(=O)N2CCN(C(=O)C[NH+]3CCOCC3)CC2)c(C)c1. The van der Waals surface area contributed by atoms with Crippen LogP contribution in [0, 0.1) is 13.8 Å². The number of quaternary nitrogens is 1. The third kappa shape index (κ3) is 4.25. The first kappa shape index (κ1) is 19.3. The average Bonchev–Trinajstić information content (AvgIpc) is 2.62. The Morgan fingerprint density at radius 1 is 1.12 bits per heavy atom. The van der Waals surface area contributed by atoms with Crippen LogP contribution < -0.4 is 4.90 Å². The predicted molar refractivity (Wildman–Crippen MR) is 97.6 cm³/mol. The van der Waals surface area contributed by atoms with Gasteiger partial charge in [-0.05, 0) is 25.5 Å². The second-order valence-electron chi connectivity index (χ2n) is 7.09. The summed E-state index contributed by atoms with van der Waals surface area (Å²) >= 11 is 0. The summed E-state index contributed by atoms with van der Waals surface area (Å²) in [4.78, 5) is 15.9. The standard InChI is InChI=1S/C18H27N3O4S/c1-15-3-4-17(16(2)13-15)26(23,24)21-7-5-20(6-8-21)18(22)14-19-9-11-25-12-10-19/h3-4,13H,5-12,14H2,1-2H3/p+1.